The van der Waals surface area contributed by atoms with Crippen molar-refractivity contribution in [1.82, 2.24) is 10.2 Å². The lowest BCUT2D eigenvalue weighted by Crippen LogP contribution is -2.40. The molecule has 1 saturated heterocycles. The fourth-order valence-corrected chi connectivity index (χ4v) is 2.25. The minimum atomic E-state index is 0.597. The zero-order valence-corrected chi connectivity index (χ0v) is 13.5. The van der Waals surface area contributed by atoms with E-state index in [-0.39, 0.29) is 0 Å². The van der Waals surface area contributed by atoms with Crippen LogP contribution in [0.15, 0.2) is 4.99 Å². The number of nitrogens with zero attached hydrogens (tertiary/aromatic N) is 2. The Labute approximate surface area is 123 Å². The van der Waals surface area contributed by atoms with E-state index in [2.05, 4.69) is 31.0 Å². The van der Waals surface area contributed by atoms with Crippen molar-refractivity contribution in [3.05, 3.63) is 0 Å². The normalized spacial score (nSPS) is 19.9. The van der Waals surface area contributed by atoms with E-state index in [4.69, 9.17) is 14.5 Å². The van der Waals surface area contributed by atoms with Gasteiger partial charge >= 0.3 is 0 Å². The number of nitrogens with one attached hydrogen (secondary N) is 1. The standard InChI is InChI=1S/C15H31N3O2/c1-5-16-15(17-10-13(2)3)18-7-6-14(11-18)12-20-9-8-19-4/h13-14H,5-12H2,1-4H3,(H,16,17). The average Bonchev–Trinajstić information content (AvgIpc) is 2.88. The number of ether oxygens (including phenoxy) is 2. The summed E-state index contributed by atoms with van der Waals surface area (Å²) in [5.74, 6) is 2.26. The first kappa shape index (κ1) is 17.2. The van der Waals surface area contributed by atoms with Gasteiger partial charge in [-0.2, -0.15) is 0 Å². The molecule has 1 atom stereocenters. The minimum Gasteiger partial charge on any atom is -0.382 e. The van der Waals surface area contributed by atoms with Crippen LogP contribution < -0.4 is 5.32 Å². The Bertz CT molecular complexity index is 282. The Balaban J connectivity index is 2.36. The maximum atomic E-state index is 5.63. The summed E-state index contributed by atoms with van der Waals surface area (Å²) in [7, 11) is 1.70. The molecule has 1 N–H and O–H groups in total. The van der Waals surface area contributed by atoms with E-state index in [1.807, 2.05) is 0 Å². The molecule has 0 radical (unpaired) electrons. The van der Waals surface area contributed by atoms with Crippen LogP contribution in [0.25, 0.3) is 0 Å². The van der Waals surface area contributed by atoms with Gasteiger partial charge in [0.15, 0.2) is 5.96 Å². The Morgan fingerprint density at radius 2 is 2.20 bits per heavy atom. The summed E-state index contributed by atoms with van der Waals surface area (Å²) in [6.45, 7) is 12.6. The monoisotopic (exact) mass is 285 g/mol. The number of guanidine groups is 1. The molecule has 0 aromatic rings. The van der Waals surface area contributed by atoms with Crippen molar-refractivity contribution in [3.63, 3.8) is 0 Å². The molecule has 1 rings (SSSR count). The van der Waals surface area contributed by atoms with Crippen LogP contribution in [-0.2, 0) is 9.47 Å². The van der Waals surface area contributed by atoms with Crippen molar-refractivity contribution in [2.45, 2.75) is 27.2 Å². The molecular weight excluding hydrogens is 254 g/mol. The fourth-order valence-electron chi connectivity index (χ4n) is 2.25. The number of methoxy groups -OCH3 is 1. The molecule has 5 nitrogen and oxygen atoms in total. The lowest BCUT2D eigenvalue weighted by atomic mass is 10.1. The van der Waals surface area contributed by atoms with E-state index < -0.39 is 0 Å². The summed E-state index contributed by atoms with van der Waals surface area (Å²) in [5, 5.41) is 3.39. The Kier molecular flexibility index (Phi) is 8.62. The second kappa shape index (κ2) is 10.00. The predicted octanol–water partition coefficient (Wildman–Crippen LogP) is 1.59. The smallest absolute Gasteiger partial charge is 0.193 e. The molecule has 0 saturated carbocycles. The second-order valence-corrected chi connectivity index (χ2v) is 5.76. The Hall–Kier alpha value is -0.810. The molecule has 1 aliphatic heterocycles. The van der Waals surface area contributed by atoms with Gasteiger partial charge in [0, 0.05) is 39.2 Å². The van der Waals surface area contributed by atoms with Gasteiger partial charge in [0.05, 0.1) is 19.8 Å². The van der Waals surface area contributed by atoms with Crippen molar-refractivity contribution >= 4 is 5.96 Å². The topological polar surface area (TPSA) is 46.1 Å². The highest BCUT2D eigenvalue weighted by Crippen LogP contribution is 2.16. The first-order valence-corrected chi connectivity index (χ1v) is 7.77. The van der Waals surface area contributed by atoms with Gasteiger partial charge in [-0.3, -0.25) is 4.99 Å². The van der Waals surface area contributed by atoms with Crippen LogP contribution in [-0.4, -0.2) is 64.0 Å². The third kappa shape index (κ3) is 6.57. The largest absolute Gasteiger partial charge is 0.382 e. The lowest BCUT2D eigenvalue weighted by molar-refractivity contribution is 0.0536. The first-order valence-electron chi connectivity index (χ1n) is 7.77. The van der Waals surface area contributed by atoms with Gasteiger partial charge in [-0.15, -0.1) is 0 Å². The van der Waals surface area contributed by atoms with Crippen LogP contribution in [0.4, 0.5) is 0 Å². The quantitative estimate of drug-likeness (QED) is 0.418. The van der Waals surface area contributed by atoms with Crippen molar-refractivity contribution in [3.8, 4) is 0 Å². The zero-order valence-electron chi connectivity index (χ0n) is 13.5. The van der Waals surface area contributed by atoms with Gasteiger partial charge in [0.2, 0.25) is 0 Å². The van der Waals surface area contributed by atoms with Crippen molar-refractivity contribution in [1.29, 1.82) is 0 Å². The van der Waals surface area contributed by atoms with Gasteiger partial charge in [-0.25, -0.2) is 0 Å². The molecule has 118 valence electrons. The number of rotatable bonds is 8. The summed E-state index contributed by atoms with van der Waals surface area (Å²) in [6, 6.07) is 0. The zero-order chi connectivity index (χ0) is 14.8. The minimum absolute atomic E-state index is 0.597. The molecule has 0 amide bonds. The SMILES string of the molecule is CCNC(=NCC(C)C)N1CCC(COCCOC)C1. The third-order valence-electron chi connectivity index (χ3n) is 3.31. The molecule has 1 fully saturated rings. The van der Waals surface area contributed by atoms with Gasteiger partial charge in [0.25, 0.3) is 0 Å². The molecule has 1 aliphatic rings. The maximum Gasteiger partial charge on any atom is 0.193 e. The van der Waals surface area contributed by atoms with Gasteiger partial charge in [-0.1, -0.05) is 13.8 Å². The molecule has 0 bridgehead atoms. The molecule has 5 heteroatoms. The highest BCUT2D eigenvalue weighted by molar-refractivity contribution is 5.80. The van der Waals surface area contributed by atoms with Crippen LogP contribution in [0.3, 0.4) is 0 Å². The van der Waals surface area contributed by atoms with Crippen molar-refractivity contribution in [2.24, 2.45) is 16.8 Å². The Morgan fingerprint density at radius 3 is 2.85 bits per heavy atom. The van der Waals surface area contributed by atoms with Crippen LogP contribution in [0, 0.1) is 11.8 Å². The molecule has 1 heterocycles. The highest BCUT2D eigenvalue weighted by atomic mass is 16.5. The van der Waals surface area contributed by atoms with Gasteiger partial charge < -0.3 is 19.7 Å². The number of hydrogen-bond acceptors (Lipinski definition) is 3. The number of hydrogen-bond donors (Lipinski definition) is 1. The molecule has 0 spiro atoms. The molecule has 20 heavy (non-hydrogen) atoms. The summed E-state index contributed by atoms with van der Waals surface area (Å²) >= 11 is 0. The highest BCUT2D eigenvalue weighted by Gasteiger charge is 2.24. The van der Waals surface area contributed by atoms with E-state index in [1.54, 1.807) is 7.11 Å². The third-order valence-corrected chi connectivity index (χ3v) is 3.31. The summed E-state index contributed by atoms with van der Waals surface area (Å²) < 4.78 is 10.6. The van der Waals surface area contributed by atoms with Gasteiger partial charge in [0.1, 0.15) is 0 Å². The predicted molar refractivity (Wildman–Crippen MR) is 83.2 cm³/mol. The molecule has 0 aromatic heterocycles. The maximum absolute atomic E-state index is 5.63. The molecule has 0 aliphatic carbocycles. The molecule has 1 unspecified atom stereocenters. The van der Waals surface area contributed by atoms with Crippen LogP contribution >= 0.6 is 0 Å². The summed E-state index contributed by atoms with van der Waals surface area (Å²) in [4.78, 5) is 7.07. The average molecular weight is 285 g/mol. The summed E-state index contributed by atoms with van der Waals surface area (Å²) in [5.41, 5.74) is 0. The second-order valence-electron chi connectivity index (χ2n) is 5.76. The van der Waals surface area contributed by atoms with Crippen molar-refractivity contribution < 1.29 is 9.47 Å². The van der Waals surface area contributed by atoms with Gasteiger partial charge in [-0.05, 0) is 19.3 Å². The molecular formula is C15H31N3O2. The Morgan fingerprint density at radius 1 is 1.40 bits per heavy atom. The summed E-state index contributed by atoms with van der Waals surface area (Å²) in [6.07, 6.45) is 1.18. The van der Waals surface area contributed by atoms with Crippen LogP contribution in [0.2, 0.25) is 0 Å². The first-order chi connectivity index (χ1) is 9.67. The lowest BCUT2D eigenvalue weighted by Gasteiger charge is -2.22. The van der Waals surface area contributed by atoms with Crippen molar-refractivity contribution in [2.75, 3.05) is 53.1 Å². The van der Waals surface area contributed by atoms with E-state index in [1.165, 1.54) is 6.42 Å². The number of likely N-dealkylation sites (tertiary alicyclic amines) is 1. The fraction of sp³-hybridized carbons (Fsp3) is 0.933. The van der Waals surface area contributed by atoms with E-state index in [0.717, 1.165) is 38.7 Å². The van der Waals surface area contributed by atoms with E-state index in [9.17, 15) is 0 Å². The van der Waals surface area contributed by atoms with E-state index in [0.29, 0.717) is 25.0 Å². The van der Waals surface area contributed by atoms with Crippen LogP contribution in [0.5, 0.6) is 0 Å². The van der Waals surface area contributed by atoms with Crippen LogP contribution in [0.1, 0.15) is 27.2 Å². The van der Waals surface area contributed by atoms with E-state index >= 15 is 0 Å². The molecule has 0 aromatic carbocycles. The number of aliphatic imine (C=N–C) groups is 1.